The van der Waals surface area contributed by atoms with E-state index in [2.05, 4.69) is 35.8 Å². The summed E-state index contributed by atoms with van der Waals surface area (Å²) < 4.78 is 5.58. The van der Waals surface area contributed by atoms with Crippen LogP contribution in [0.2, 0.25) is 0 Å². The molecule has 1 fully saturated rings. The Morgan fingerprint density at radius 2 is 1.81 bits per heavy atom. The summed E-state index contributed by atoms with van der Waals surface area (Å²) in [6, 6.07) is 15.4. The van der Waals surface area contributed by atoms with Crippen LogP contribution in [0.5, 0.6) is 0 Å². The molecule has 142 valence electrons. The van der Waals surface area contributed by atoms with Crippen molar-refractivity contribution in [3.63, 3.8) is 0 Å². The third-order valence-corrected chi connectivity index (χ3v) is 5.20. The molecule has 0 aliphatic carbocycles. The molecule has 27 heavy (non-hydrogen) atoms. The molecule has 0 unspecified atom stereocenters. The van der Waals surface area contributed by atoms with Crippen LogP contribution in [-0.2, 0) is 14.9 Å². The minimum atomic E-state index is -0.159. The maximum Gasteiger partial charge on any atom is 0.251 e. The van der Waals surface area contributed by atoms with Crippen molar-refractivity contribution in [1.82, 2.24) is 5.32 Å². The second-order valence-corrected chi connectivity index (χ2v) is 7.15. The van der Waals surface area contributed by atoms with Crippen molar-refractivity contribution >= 4 is 17.5 Å². The summed E-state index contributed by atoms with van der Waals surface area (Å²) >= 11 is 0. The fourth-order valence-corrected chi connectivity index (χ4v) is 3.76. The summed E-state index contributed by atoms with van der Waals surface area (Å²) in [5.41, 5.74) is 3.55. The Labute approximate surface area is 160 Å². The van der Waals surface area contributed by atoms with Gasteiger partial charge in [0, 0.05) is 43.3 Å². The average molecular weight is 366 g/mol. The van der Waals surface area contributed by atoms with Crippen LogP contribution < -0.4 is 10.6 Å². The largest absolute Gasteiger partial charge is 0.381 e. The highest BCUT2D eigenvalue weighted by atomic mass is 16.5. The smallest absolute Gasteiger partial charge is 0.251 e. The molecule has 1 heterocycles. The van der Waals surface area contributed by atoms with Gasteiger partial charge in [-0.25, -0.2) is 0 Å². The zero-order valence-electron chi connectivity index (χ0n) is 15.9. The molecule has 0 radical (unpaired) electrons. The van der Waals surface area contributed by atoms with Gasteiger partial charge in [0.05, 0.1) is 0 Å². The van der Waals surface area contributed by atoms with Gasteiger partial charge in [-0.3, -0.25) is 9.59 Å². The van der Waals surface area contributed by atoms with Gasteiger partial charge in [0.1, 0.15) is 0 Å². The number of carbonyl (C=O) groups excluding carboxylic acids is 2. The lowest BCUT2D eigenvalue weighted by atomic mass is 9.72. The third-order valence-electron chi connectivity index (χ3n) is 5.20. The highest BCUT2D eigenvalue weighted by Gasteiger charge is 2.35. The van der Waals surface area contributed by atoms with Gasteiger partial charge in [-0.05, 0) is 49.1 Å². The van der Waals surface area contributed by atoms with Gasteiger partial charge in [0.2, 0.25) is 5.91 Å². The van der Waals surface area contributed by atoms with Gasteiger partial charge in [0.15, 0.2) is 0 Å². The SMILES string of the molecule is CC(=O)Nc1cccc(C(=O)NCC2(c3ccccc3C)CCOCC2)c1. The molecule has 5 nitrogen and oxygen atoms in total. The highest BCUT2D eigenvalue weighted by molar-refractivity contribution is 5.96. The zero-order valence-corrected chi connectivity index (χ0v) is 15.9. The molecule has 2 aromatic carbocycles. The fraction of sp³-hybridized carbons (Fsp3) is 0.364. The summed E-state index contributed by atoms with van der Waals surface area (Å²) in [7, 11) is 0. The van der Waals surface area contributed by atoms with Gasteiger partial charge in [-0.2, -0.15) is 0 Å². The first kappa shape index (κ1) is 19.1. The maximum atomic E-state index is 12.7. The Balaban J connectivity index is 1.77. The van der Waals surface area contributed by atoms with Crippen molar-refractivity contribution in [2.24, 2.45) is 0 Å². The standard InChI is InChI=1S/C22H26N2O3/c1-16-6-3-4-9-20(16)22(10-12-27-13-11-22)15-23-21(26)18-7-5-8-19(14-18)24-17(2)25/h3-9,14H,10-13,15H2,1-2H3,(H,23,26)(H,24,25). The van der Waals surface area contributed by atoms with Crippen LogP contribution >= 0.6 is 0 Å². The van der Waals surface area contributed by atoms with E-state index < -0.39 is 0 Å². The molecule has 0 saturated carbocycles. The van der Waals surface area contributed by atoms with E-state index in [0.29, 0.717) is 31.0 Å². The van der Waals surface area contributed by atoms with Crippen molar-refractivity contribution in [3.8, 4) is 0 Å². The van der Waals surface area contributed by atoms with E-state index in [0.717, 1.165) is 12.8 Å². The second kappa shape index (κ2) is 8.35. The normalized spacial score (nSPS) is 15.8. The van der Waals surface area contributed by atoms with Crippen molar-refractivity contribution in [1.29, 1.82) is 0 Å². The number of amides is 2. The molecule has 0 atom stereocenters. The van der Waals surface area contributed by atoms with Crippen molar-refractivity contribution in [3.05, 3.63) is 65.2 Å². The lowest BCUT2D eigenvalue weighted by Gasteiger charge is -2.39. The minimum absolute atomic E-state index is 0.117. The molecule has 0 bridgehead atoms. The summed E-state index contributed by atoms with van der Waals surface area (Å²) in [4.78, 5) is 24.0. The molecule has 1 aliphatic heterocycles. The van der Waals surface area contributed by atoms with E-state index in [9.17, 15) is 9.59 Å². The Kier molecular flexibility index (Phi) is 5.91. The van der Waals surface area contributed by atoms with Crippen molar-refractivity contribution < 1.29 is 14.3 Å². The van der Waals surface area contributed by atoms with Gasteiger partial charge in [0.25, 0.3) is 5.91 Å². The third kappa shape index (κ3) is 4.55. The Bertz CT molecular complexity index is 826. The molecule has 1 aliphatic rings. The van der Waals surface area contributed by atoms with Crippen LogP contribution in [-0.4, -0.2) is 31.6 Å². The first-order valence-corrected chi connectivity index (χ1v) is 9.30. The Morgan fingerprint density at radius 3 is 2.52 bits per heavy atom. The number of anilines is 1. The van der Waals surface area contributed by atoms with E-state index in [1.807, 2.05) is 6.07 Å². The molecule has 1 saturated heterocycles. The van der Waals surface area contributed by atoms with Crippen LogP contribution in [0.4, 0.5) is 5.69 Å². The van der Waals surface area contributed by atoms with E-state index in [-0.39, 0.29) is 17.2 Å². The van der Waals surface area contributed by atoms with Gasteiger partial charge < -0.3 is 15.4 Å². The molecular formula is C22H26N2O3. The summed E-state index contributed by atoms with van der Waals surface area (Å²) in [6.07, 6.45) is 1.76. The number of aryl methyl sites for hydroxylation is 1. The second-order valence-electron chi connectivity index (χ2n) is 7.15. The number of benzene rings is 2. The van der Waals surface area contributed by atoms with Crippen LogP contribution in [0.25, 0.3) is 0 Å². The molecule has 0 aromatic heterocycles. The number of carbonyl (C=O) groups is 2. The first-order valence-electron chi connectivity index (χ1n) is 9.30. The number of hydrogen-bond acceptors (Lipinski definition) is 3. The zero-order chi connectivity index (χ0) is 19.3. The molecule has 3 rings (SSSR count). The van der Waals surface area contributed by atoms with E-state index in [1.165, 1.54) is 18.1 Å². The average Bonchev–Trinajstić information content (AvgIpc) is 2.67. The number of ether oxygens (including phenoxy) is 1. The van der Waals surface area contributed by atoms with Gasteiger partial charge >= 0.3 is 0 Å². The van der Waals surface area contributed by atoms with E-state index >= 15 is 0 Å². The molecule has 0 spiro atoms. The maximum absolute atomic E-state index is 12.7. The van der Waals surface area contributed by atoms with Crippen LogP contribution in [0.3, 0.4) is 0 Å². The van der Waals surface area contributed by atoms with Crippen molar-refractivity contribution in [2.75, 3.05) is 25.1 Å². The molecule has 2 N–H and O–H groups in total. The minimum Gasteiger partial charge on any atom is -0.381 e. The number of hydrogen-bond donors (Lipinski definition) is 2. The summed E-state index contributed by atoms with van der Waals surface area (Å²) in [5, 5.41) is 5.82. The monoisotopic (exact) mass is 366 g/mol. The van der Waals surface area contributed by atoms with Crippen molar-refractivity contribution in [2.45, 2.75) is 32.1 Å². The Hall–Kier alpha value is -2.66. The molecular weight excluding hydrogens is 340 g/mol. The summed E-state index contributed by atoms with van der Waals surface area (Å²) in [6.45, 7) is 5.52. The van der Waals surface area contributed by atoms with Crippen LogP contribution in [0.15, 0.2) is 48.5 Å². The molecule has 5 heteroatoms. The predicted molar refractivity (Wildman–Crippen MR) is 106 cm³/mol. The first-order chi connectivity index (χ1) is 13.0. The quantitative estimate of drug-likeness (QED) is 0.852. The Morgan fingerprint density at radius 1 is 1.07 bits per heavy atom. The fourth-order valence-electron chi connectivity index (χ4n) is 3.76. The number of nitrogens with one attached hydrogen (secondary N) is 2. The number of rotatable bonds is 5. The summed E-state index contributed by atoms with van der Waals surface area (Å²) in [5.74, 6) is -0.296. The van der Waals surface area contributed by atoms with Crippen LogP contribution in [0, 0.1) is 6.92 Å². The molecule has 2 amide bonds. The van der Waals surface area contributed by atoms with E-state index in [4.69, 9.17) is 4.74 Å². The lowest BCUT2D eigenvalue weighted by Crippen LogP contribution is -2.45. The van der Waals surface area contributed by atoms with Gasteiger partial charge in [-0.1, -0.05) is 30.3 Å². The predicted octanol–water partition coefficient (Wildman–Crippen LogP) is 3.43. The molecule has 2 aromatic rings. The van der Waals surface area contributed by atoms with E-state index in [1.54, 1.807) is 24.3 Å². The highest BCUT2D eigenvalue weighted by Crippen LogP contribution is 2.36. The lowest BCUT2D eigenvalue weighted by molar-refractivity contribution is -0.114. The van der Waals surface area contributed by atoms with Gasteiger partial charge in [-0.15, -0.1) is 0 Å². The van der Waals surface area contributed by atoms with Crippen LogP contribution in [0.1, 0.15) is 41.3 Å². The topological polar surface area (TPSA) is 67.4 Å².